The number of hydrogen-bond acceptors (Lipinski definition) is 5. The molecule has 4 N–H and O–H groups in total. The lowest BCUT2D eigenvalue weighted by atomic mass is 9.99. The van der Waals surface area contributed by atoms with Crippen LogP contribution in [-0.4, -0.2) is 33.6 Å². The van der Waals surface area contributed by atoms with E-state index in [0.29, 0.717) is 18.4 Å². The second kappa shape index (κ2) is 8.83. The molecule has 0 spiro atoms. The van der Waals surface area contributed by atoms with Crippen LogP contribution in [0.15, 0.2) is 47.4 Å². The van der Waals surface area contributed by atoms with Crippen molar-refractivity contribution < 1.29 is 17.9 Å². The molecular weight excluding hydrogens is 386 g/mol. The maximum absolute atomic E-state index is 12.6. The van der Waals surface area contributed by atoms with Gasteiger partial charge in [0.2, 0.25) is 5.91 Å². The first-order chi connectivity index (χ1) is 12.8. The lowest BCUT2D eigenvalue weighted by Crippen LogP contribution is -2.37. The first-order valence-corrected chi connectivity index (χ1v) is 9.96. The van der Waals surface area contributed by atoms with E-state index in [0.717, 1.165) is 11.1 Å². The van der Waals surface area contributed by atoms with Gasteiger partial charge in [0.1, 0.15) is 10.6 Å². The number of carbonyl (C=O) groups excluding carboxylic acids is 1. The molecule has 2 aromatic carbocycles. The first-order valence-electron chi connectivity index (χ1n) is 8.07. The maximum atomic E-state index is 12.6. The number of amides is 1. The molecule has 0 aliphatic rings. The van der Waals surface area contributed by atoms with Crippen LogP contribution in [0.3, 0.4) is 0 Å². The van der Waals surface area contributed by atoms with Gasteiger partial charge in [-0.15, -0.1) is 0 Å². The lowest BCUT2D eigenvalue weighted by molar-refractivity contribution is 0.0999. The zero-order valence-electron chi connectivity index (χ0n) is 15.0. The molecule has 2 rings (SSSR count). The molecular formula is C18H21N3O4S2. The molecule has 0 saturated heterocycles. The van der Waals surface area contributed by atoms with Gasteiger partial charge in [-0.1, -0.05) is 24.3 Å². The molecule has 27 heavy (non-hydrogen) atoms. The Balaban J connectivity index is 2.30. The number of methoxy groups -OCH3 is 1. The van der Waals surface area contributed by atoms with Gasteiger partial charge in [-0.3, -0.25) is 9.52 Å². The Morgan fingerprint density at radius 2 is 1.89 bits per heavy atom. The van der Waals surface area contributed by atoms with Gasteiger partial charge in [0.15, 0.2) is 5.11 Å². The number of thiocarbonyl (C=S) groups is 1. The fraction of sp³-hybridized carbons (Fsp3) is 0.222. The molecule has 9 heteroatoms. The molecule has 2 aromatic rings. The molecule has 1 amide bonds. The van der Waals surface area contributed by atoms with Crippen molar-refractivity contribution in [3.05, 3.63) is 59.2 Å². The summed E-state index contributed by atoms with van der Waals surface area (Å²) in [7, 11) is -0.975. The van der Waals surface area contributed by atoms with Crippen molar-refractivity contribution in [3.8, 4) is 5.75 Å². The largest absolute Gasteiger partial charge is 0.495 e. The number of ether oxygens (including phenoxy) is 1. The highest BCUT2D eigenvalue weighted by atomic mass is 32.2. The number of primary amides is 1. The minimum atomic E-state index is -3.89. The number of aryl methyl sites for hydroxylation is 2. The quantitative estimate of drug-likeness (QED) is 0.598. The number of benzene rings is 2. The third-order valence-electron chi connectivity index (χ3n) is 3.94. The van der Waals surface area contributed by atoms with Gasteiger partial charge < -0.3 is 15.8 Å². The Morgan fingerprint density at radius 3 is 2.52 bits per heavy atom. The van der Waals surface area contributed by atoms with Gasteiger partial charge in [0.25, 0.3) is 10.0 Å². The highest BCUT2D eigenvalue weighted by Gasteiger charge is 2.21. The van der Waals surface area contributed by atoms with Gasteiger partial charge in [0, 0.05) is 12.6 Å². The van der Waals surface area contributed by atoms with E-state index in [-0.39, 0.29) is 15.8 Å². The number of carbonyl (C=O) groups is 1. The molecule has 0 atom stereocenters. The molecule has 0 saturated carbocycles. The zero-order chi connectivity index (χ0) is 20.0. The second-order valence-electron chi connectivity index (χ2n) is 5.69. The SMILES string of the molecule is CNC(=S)NS(=O)(=O)c1cc(CCc2ccccc2C(N)=O)ccc1OC. The minimum Gasteiger partial charge on any atom is -0.495 e. The predicted molar refractivity (Wildman–Crippen MR) is 107 cm³/mol. The van der Waals surface area contributed by atoms with E-state index in [4.69, 9.17) is 22.7 Å². The number of nitrogens with one attached hydrogen (secondary N) is 2. The fourth-order valence-electron chi connectivity index (χ4n) is 2.57. The van der Waals surface area contributed by atoms with Crippen molar-refractivity contribution in [3.63, 3.8) is 0 Å². The Bertz CT molecular complexity index is 959. The van der Waals surface area contributed by atoms with Crippen LogP contribution in [0.25, 0.3) is 0 Å². The number of hydrogen-bond donors (Lipinski definition) is 3. The number of nitrogens with two attached hydrogens (primary N) is 1. The van der Waals surface area contributed by atoms with E-state index >= 15 is 0 Å². The fourth-order valence-corrected chi connectivity index (χ4v) is 4.08. The van der Waals surface area contributed by atoms with Gasteiger partial charge in [0.05, 0.1) is 7.11 Å². The zero-order valence-corrected chi connectivity index (χ0v) is 16.6. The van der Waals surface area contributed by atoms with E-state index in [1.807, 2.05) is 12.1 Å². The van der Waals surface area contributed by atoms with Crippen molar-refractivity contribution in [2.45, 2.75) is 17.7 Å². The standard InChI is InChI=1S/C18H21N3O4S2/c1-20-18(26)21-27(23,24)16-11-12(8-10-15(16)25-2)7-9-13-5-3-4-6-14(13)17(19)22/h3-6,8,10-11H,7,9H2,1-2H3,(H2,19,22)(H2,20,21,26). The molecule has 0 heterocycles. The third kappa shape index (κ3) is 5.18. The molecule has 7 nitrogen and oxygen atoms in total. The normalized spacial score (nSPS) is 10.9. The van der Waals surface area contributed by atoms with Gasteiger partial charge in [-0.2, -0.15) is 0 Å². The molecule has 0 unspecified atom stereocenters. The molecule has 0 fully saturated rings. The van der Waals surface area contributed by atoms with Crippen molar-refractivity contribution in [1.82, 2.24) is 10.0 Å². The van der Waals surface area contributed by atoms with Crippen molar-refractivity contribution in [2.75, 3.05) is 14.2 Å². The van der Waals surface area contributed by atoms with Crippen LogP contribution in [0.2, 0.25) is 0 Å². The van der Waals surface area contributed by atoms with Crippen LogP contribution in [-0.2, 0) is 22.9 Å². The summed E-state index contributed by atoms with van der Waals surface area (Å²) in [5.74, 6) is -0.281. The summed E-state index contributed by atoms with van der Waals surface area (Å²) in [5, 5.41) is 2.55. The number of sulfonamides is 1. The van der Waals surface area contributed by atoms with Crippen molar-refractivity contribution in [1.29, 1.82) is 0 Å². The highest BCUT2D eigenvalue weighted by molar-refractivity contribution is 7.92. The van der Waals surface area contributed by atoms with Crippen LogP contribution in [0, 0.1) is 0 Å². The summed E-state index contributed by atoms with van der Waals surface area (Å²) in [6.07, 6.45) is 1.06. The van der Waals surface area contributed by atoms with E-state index in [1.165, 1.54) is 20.2 Å². The minimum absolute atomic E-state index is 0.0108. The van der Waals surface area contributed by atoms with E-state index < -0.39 is 15.9 Å². The summed E-state index contributed by atoms with van der Waals surface area (Å²) >= 11 is 4.88. The smallest absolute Gasteiger partial charge is 0.267 e. The van der Waals surface area contributed by atoms with Crippen molar-refractivity contribution in [2.24, 2.45) is 5.73 Å². The molecule has 0 bridgehead atoms. The van der Waals surface area contributed by atoms with Crippen LogP contribution < -0.4 is 20.5 Å². The van der Waals surface area contributed by atoms with Gasteiger partial charge in [-0.25, -0.2) is 8.42 Å². The monoisotopic (exact) mass is 407 g/mol. The van der Waals surface area contributed by atoms with Crippen LogP contribution in [0.1, 0.15) is 21.5 Å². The van der Waals surface area contributed by atoms with E-state index in [2.05, 4.69) is 10.0 Å². The first kappa shape index (κ1) is 20.7. The summed E-state index contributed by atoms with van der Waals surface area (Å²) in [6.45, 7) is 0. The highest BCUT2D eigenvalue weighted by Crippen LogP contribution is 2.25. The second-order valence-corrected chi connectivity index (χ2v) is 7.75. The Labute approximate surface area is 164 Å². The average Bonchev–Trinajstić information content (AvgIpc) is 2.65. The average molecular weight is 408 g/mol. The summed E-state index contributed by atoms with van der Waals surface area (Å²) in [6, 6.07) is 12.0. The topological polar surface area (TPSA) is 111 Å². The maximum Gasteiger partial charge on any atom is 0.267 e. The van der Waals surface area contributed by atoms with Crippen LogP contribution >= 0.6 is 12.2 Å². The molecule has 0 aromatic heterocycles. The molecule has 0 aliphatic heterocycles. The van der Waals surface area contributed by atoms with Gasteiger partial charge in [-0.05, 0) is 54.4 Å². The summed E-state index contributed by atoms with van der Waals surface area (Å²) in [5.41, 5.74) is 7.43. The summed E-state index contributed by atoms with van der Waals surface area (Å²) in [4.78, 5) is 11.5. The Kier molecular flexibility index (Phi) is 6.75. The predicted octanol–water partition coefficient (Wildman–Crippen LogP) is 1.36. The Morgan fingerprint density at radius 1 is 1.19 bits per heavy atom. The van der Waals surface area contributed by atoms with Crippen LogP contribution in [0.4, 0.5) is 0 Å². The lowest BCUT2D eigenvalue weighted by Gasteiger charge is -2.13. The molecule has 144 valence electrons. The molecule has 0 radical (unpaired) electrons. The van der Waals surface area contributed by atoms with E-state index in [1.54, 1.807) is 24.3 Å². The Hall–Kier alpha value is -2.65. The summed E-state index contributed by atoms with van der Waals surface area (Å²) < 4.78 is 32.6. The van der Waals surface area contributed by atoms with Gasteiger partial charge >= 0.3 is 0 Å². The van der Waals surface area contributed by atoms with E-state index in [9.17, 15) is 13.2 Å². The number of rotatable bonds is 7. The molecule has 0 aliphatic carbocycles. The van der Waals surface area contributed by atoms with Crippen LogP contribution in [0.5, 0.6) is 5.75 Å². The third-order valence-corrected chi connectivity index (χ3v) is 5.74. The van der Waals surface area contributed by atoms with Crippen molar-refractivity contribution >= 4 is 33.3 Å².